The third-order valence-electron chi connectivity index (χ3n) is 5.13. The molecule has 1 aliphatic heterocycles. The zero-order valence-electron chi connectivity index (χ0n) is 13.0. The number of benzene rings is 1. The normalized spacial score (nSPS) is 28.7. The molecule has 2 atom stereocenters. The number of rotatable bonds is 2. The molecule has 0 N–H and O–H groups in total. The summed E-state index contributed by atoms with van der Waals surface area (Å²) >= 11 is 0. The summed E-state index contributed by atoms with van der Waals surface area (Å²) in [6.07, 6.45) is 7.36. The molecule has 1 heterocycles. The first-order chi connectivity index (χ1) is 10.2. The fourth-order valence-corrected chi connectivity index (χ4v) is 3.74. The number of hydrogen-bond acceptors (Lipinski definition) is 3. The van der Waals surface area contributed by atoms with Crippen molar-refractivity contribution in [3.05, 3.63) is 23.8 Å². The molecule has 1 aromatic rings. The Morgan fingerprint density at radius 1 is 1.33 bits per heavy atom. The Kier molecular flexibility index (Phi) is 3.92. The average molecular weight is 288 g/mol. The van der Waals surface area contributed by atoms with Crippen LogP contribution in [0, 0.1) is 5.92 Å². The van der Waals surface area contributed by atoms with Gasteiger partial charge in [0.1, 0.15) is 17.1 Å². The molecule has 3 heteroatoms. The molecular weight excluding hydrogens is 264 g/mol. The Morgan fingerprint density at radius 3 is 2.95 bits per heavy atom. The van der Waals surface area contributed by atoms with Crippen LogP contribution in [-0.2, 0) is 0 Å². The molecular formula is C18H24O3. The summed E-state index contributed by atoms with van der Waals surface area (Å²) in [5.74, 6) is 2.45. The van der Waals surface area contributed by atoms with Crippen LogP contribution in [0.1, 0.15) is 62.2 Å². The van der Waals surface area contributed by atoms with Crippen molar-refractivity contribution >= 4 is 5.78 Å². The number of ether oxygens (including phenoxy) is 2. The number of fused-ring (bicyclic) bond motifs is 1. The summed E-state index contributed by atoms with van der Waals surface area (Å²) in [5.41, 5.74) is 0.416. The van der Waals surface area contributed by atoms with Gasteiger partial charge in [-0.25, -0.2) is 0 Å². The maximum atomic E-state index is 12.6. The van der Waals surface area contributed by atoms with Gasteiger partial charge in [-0.1, -0.05) is 19.8 Å². The van der Waals surface area contributed by atoms with Crippen molar-refractivity contribution in [3.63, 3.8) is 0 Å². The highest BCUT2D eigenvalue weighted by molar-refractivity contribution is 6.00. The van der Waals surface area contributed by atoms with E-state index in [2.05, 4.69) is 6.92 Å². The molecule has 0 saturated heterocycles. The standard InChI is InChI=1S/C18H24O3/c1-3-13-5-4-9-18(10-8-13)12-16(19)15-11-14(20-2)6-7-17(15)21-18/h6-7,11,13H,3-5,8-10,12H2,1-2H3. The third kappa shape index (κ3) is 2.78. The number of Topliss-reactive ketones (excluding diaryl/α,β-unsaturated/α-hetero) is 1. The minimum absolute atomic E-state index is 0.199. The van der Waals surface area contributed by atoms with E-state index in [-0.39, 0.29) is 11.4 Å². The van der Waals surface area contributed by atoms with Crippen LogP contribution >= 0.6 is 0 Å². The van der Waals surface area contributed by atoms with Crippen molar-refractivity contribution in [1.29, 1.82) is 0 Å². The molecule has 2 unspecified atom stereocenters. The van der Waals surface area contributed by atoms with Crippen molar-refractivity contribution in [2.45, 2.75) is 57.5 Å². The van der Waals surface area contributed by atoms with Crippen LogP contribution in [0.25, 0.3) is 0 Å². The third-order valence-corrected chi connectivity index (χ3v) is 5.13. The molecule has 0 radical (unpaired) electrons. The molecule has 1 saturated carbocycles. The van der Waals surface area contributed by atoms with E-state index in [9.17, 15) is 4.79 Å². The summed E-state index contributed by atoms with van der Waals surface area (Å²) in [6, 6.07) is 5.56. The summed E-state index contributed by atoms with van der Waals surface area (Å²) in [6.45, 7) is 2.26. The highest BCUT2D eigenvalue weighted by Crippen LogP contribution is 2.43. The van der Waals surface area contributed by atoms with Crippen molar-refractivity contribution < 1.29 is 14.3 Å². The first kappa shape index (κ1) is 14.4. The van der Waals surface area contributed by atoms with Crippen LogP contribution in [0.3, 0.4) is 0 Å². The number of carbonyl (C=O) groups excluding carboxylic acids is 1. The smallest absolute Gasteiger partial charge is 0.170 e. The average Bonchev–Trinajstić information content (AvgIpc) is 2.69. The minimum Gasteiger partial charge on any atom is -0.497 e. The molecule has 0 amide bonds. The minimum atomic E-state index is -0.261. The Bertz CT molecular complexity index is 537. The molecule has 1 spiro atoms. The monoisotopic (exact) mass is 288 g/mol. The number of methoxy groups -OCH3 is 1. The van der Waals surface area contributed by atoms with Crippen molar-refractivity contribution in [3.8, 4) is 11.5 Å². The van der Waals surface area contributed by atoms with Gasteiger partial charge in [0, 0.05) is 0 Å². The zero-order valence-corrected chi connectivity index (χ0v) is 13.0. The second-order valence-corrected chi connectivity index (χ2v) is 6.45. The Labute approximate surface area is 126 Å². The lowest BCUT2D eigenvalue weighted by Crippen LogP contribution is -2.41. The molecule has 114 valence electrons. The maximum Gasteiger partial charge on any atom is 0.170 e. The lowest BCUT2D eigenvalue weighted by Gasteiger charge is -2.37. The van der Waals surface area contributed by atoms with Gasteiger partial charge in [-0.3, -0.25) is 4.79 Å². The van der Waals surface area contributed by atoms with Gasteiger partial charge in [0.25, 0.3) is 0 Å². The van der Waals surface area contributed by atoms with E-state index in [0.29, 0.717) is 17.7 Å². The SMILES string of the molecule is CCC1CCCC2(CC1)CC(=O)c1cc(OC)ccc1O2. The van der Waals surface area contributed by atoms with Gasteiger partial charge in [-0.2, -0.15) is 0 Å². The van der Waals surface area contributed by atoms with E-state index >= 15 is 0 Å². The summed E-state index contributed by atoms with van der Waals surface area (Å²) in [4.78, 5) is 12.6. The molecule has 0 bridgehead atoms. The van der Waals surface area contributed by atoms with Crippen LogP contribution in [0.5, 0.6) is 11.5 Å². The van der Waals surface area contributed by atoms with Crippen LogP contribution < -0.4 is 9.47 Å². The fraction of sp³-hybridized carbons (Fsp3) is 0.611. The van der Waals surface area contributed by atoms with Gasteiger partial charge in [0.15, 0.2) is 5.78 Å². The number of carbonyl (C=O) groups is 1. The molecule has 1 aliphatic carbocycles. The van der Waals surface area contributed by atoms with E-state index < -0.39 is 0 Å². The van der Waals surface area contributed by atoms with Gasteiger partial charge in [0.05, 0.1) is 19.1 Å². The predicted molar refractivity (Wildman–Crippen MR) is 82.2 cm³/mol. The van der Waals surface area contributed by atoms with Crippen molar-refractivity contribution in [2.75, 3.05) is 7.11 Å². The van der Waals surface area contributed by atoms with E-state index in [1.807, 2.05) is 12.1 Å². The number of ketones is 1. The number of hydrogen-bond donors (Lipinski definition) is 0. The Balaban J connectivity index is 1.86. The lowest BCUT2D eigenvalue weighted by atomic mass is 9.84. The topological polar surface area (TPSA) is 35.5 Å². The zero-order chi connectivity index (χ0) is 14.9. The largest absolute Gasteiger partial charge is 0.497 e. The van der Waals surface area contributed by atoms with Gasteiger partial charge in [-0.05, 0) is 49.8 Å². The van der Waals surface area contributed by atoms with Gasteiger partial charge in [-0.15, -0.1) is 0 Å². The van der Waals surface area contributed by atoms with Crippen LogP contribution in [0.15, 0.2) is 18.2 Å². The molecule has 1 aromatic carbocycles. The van der Waals surface area contributed by atoms with Crippen LogP contribution in [-0.4, -0.2) is 18.5 Å². The van der Waals surface area contributed by atoms with E-state index in [1.165, 1.54) is 19.3 Å². The maximum absolute atomic E-state index is 12.6. The van der Waals surface area contributed by atoms with E-state index in [0.717, 1.165) is 30.9 Å². The van der Waals surface area contributed by atoms with Gasteiger partial charge >= 0.3 is 0 Å². The molecule has 2 aliphatic rings. The van der Waals surface area contributed by atoms with Crippen LogP contribution in [0.2, 0.25) is 0 Å². The fourth-order valence-electron chi connectivity index (χ4n) is 3.74. The Morgan fingerprint density at radius 2 is 2.19 bits per heavy atom. The van der Waals surface area contributed by atoms with Crippen molar-refractivity contribution in [1.82, 2.24) is 0 Å². The highest BCUT2D eigenvalue weighted by Gasteiger charge is 2.41. The van der Waals surface area contributed by atoms with E-state index in [4.69, 9.17) is 9.47 Å². The van der Waals surface area contributed by atoms with Gasteiger partial charge < -0.3 is 9.47 Å². The predicted octanol–water partition coefficient (Wildman–Crippen LogP) is 4.39. The summed E-state index contributed by atoms with van der Waals surface area (Å²) < 4.78 is 11.5. The molecule has 0 aromatic heterocycles. The van der Waals surface area contributed by atoms with Crippen molar-refractivity contribution in [2.24, 2.45) is 5.92 Å². The molecule has 1 fully saturated rings. The molecule has 3 nitrogen and oxygen atoms in total. The van der Waals surface area contributed by atoms with Crippen LogP contribution in [0.4, 0.5) is 0 Å². The first-order valence-corrected chi connectivity index (χ1v) is 8.06. The second kappa shape index (κ2) is 5.70. The highest BCUT2D eigenvalue weighted by atomic mass is 16.5. The lowest BCUT2D eigenvalue weighted by molar-refractivity contribution is 0.0288. The molecule has 3 rings (SSSR count). The second-order valence-electron chi connectivity index (χ2n) is 6.45. The quantitative estimate of drug-likeness (QED) is 0.809. The Hall–Kier alpha value is -1.51. The van der Waals surface area contributed by atoms with Gasteiger partial charge in [0.2, 0.25) is 0 Å². The first-order valence-electron chi connectivity index (χ1n) is 8.06. The summed E-state index contributed by atoms with van der Waals surface area (Å²) in [7, 11) is 1.62. The summed E-state index contributed by atoms with van der Waals surface area (Å²) in [5, 5.41) is 0. The van der Waals surface area contributed by atoms with E-state index in [1.54, 1.807) is 13.2 Å². The molecule has 21 heavy (non-hydrogen) atoms.